The fraction of sp³-hybridized carbons (Fsp3) is 0.250. The van der Waals surface area contributed by atoms with Crippen molar-refractivity contribution in [1.82, 2.24) is 19.9 Å². The van der Waals surface area contributed by atoms with Crippen molar-refractivity contribution in [3.8, 4) is 0 Å². The maximum atomic E-state index is 12.9. The molecule has 2 unspecified atom stereocenters. The number of fused-ring (bicyclic) bond motifs is 1. The number of hydrogen-bond donors (Lipinski definition) is 2. The van der Waals surface area contributed by atoms with Crippen LogP contribution in [0.1, 0.15) is 17.0 Å². The molecule has 0 saturated heterocycles. The number of alkyl halides is 2. The molecule has 3 heterocycles. The van der Waals surface area contributed by atoms with Crippen molar-refractivity contribution >= 4 is 22.6 Å². The minimum absolute atomic E-state index is 0.0250. The molecule has 0 amide bonds. The molecule has 1 aliphatic rings. The predicted molar refractivity (Wildman–Crippen MR) is 106 cm³/mol. The molecule has 1 aliphatic carbocycles. The molecule has 0 aliphatic heterocycles. The Morgan fingerprint density at radius 1 is 1.21 bits per heavy atom. The lowest BCUT2D eigenvalue weighted by Gasteiger charge is -2.35. The van der Waals surface area contributed by atoms with E-state index in [1.165, 1.54) is 0 Å². The first-order chi connectivity index (χ1) is 14.0. The van der Waals surface area contributed by atoms with E-state index in [-0.39, 0.29) is 6.54 Å². The smallest absolute Gasteiger partial charge is 0.345 e. The van der Waals surface area contributed by atoms with Gasteiger partial charge in [0.15, 0.2) is 0 Å². The standard InChI is InChI=1S/C20H18ClF2N5O/c21-14-6-15-13(9-25-17(15)26-10-14)5-12-7-27-18(28-8-12)20(11-24)4-2-1-3-16(20)29-19(22)23/h1-4,6-10,16,19H,5,11,24H2,(H,25,26). The van der Waals surface area contributed by atoms with Crippen molar-refractivity contribution in [2.24, 2.45) is 5.73 Å². The molecule has 0 radical (unpaired) electrons. The lowest BCUT2D eigenvalue weighted by Crippen LogP contribution is -2.47. The average Bonchev–Trinajstić information content (AvgIpc) is 3.10. The molecule has 3 aromatic rings. The van der Waals surface area contributed by atoms with Gasteiger partial charge >= 0.3 is 6.61 Å². The van der Waals surface area contributed by atoms with Crippen LogP contribution >= 0.6 is 11.6 Å². The average molecular weight is 418 g/mol. The number of rotatable bonds is 6. The number of halogens is 3. The summed E-state index contributed by atoms with van der Waals surface area (Å²) in [6.07, 6.45) is 13.0. The van der Waals surface area contributed by atoms with E-state index in [1.54, 1.807) is 42.9 Å². The first-order valence-corrected chi connectivity index (χ1v) is 9.32. The van der Waals surface area contributed by atoms with Crippen LogP contribution in [0.3, 0.4) is 0 Å². The molecular formula is C20H18ClF2N5O. The zero-order chi connectivity index (χ0) is 20.4. The number of nitrogens with one attached hydrogen (secondary N) is 1. The first-order valence-electron chi connectivity index (χ1n) is 8.94. The zero-order valence-electron chi connectivity index (χ0n) is 15.2. The maximum Gasteiger partial charge on any atom is 0.345 e. The summed E-state index contributed by atoms with van der Waals surface area (Å²) >= 11 is 6.05. The van der Waals surface area contributed by atoms with E-state index >= 15 is 0 Å². The van der Waals surface area contributed by atoms with Crippen LogP contribution in [0.4, 0.5) is 8.78 Å². The molecule has 4 rings (SSSR count). The van der Waals surface area contributed by atoms with Gasteiger partial charge < -0.3 is 15.5 Å². The Kier molecular flexibility index (Phi) is 5.40. The van der Waals surface area contributed by atoms with Crippen LogP contribution < -0.4 is 5.73 Å². The normalized spacial score (nSPS) is 21.3. The summed E-state index contributed by atoms with van der Waals surface area (Å²) < 4.78 is 30.5. The Labute approximate surface area is 170 Å². The second-order valence-corrected chi connectivity index (χ2v) is 7.20. The molecule has 150 valence electrons. The number of ether oxygens (including phenoxy) is 1. The largest absolute Gasteiger partial charge is 0.346 e. The molecule has 0 spiro atoms. The summed E-state index contributed by atoms with van der Waals surface area (Å²) in [5.41, 5.74) is 7.49. The number of nitrogens with two attached hydrogens (primary N) is 1. The highest BCUT2D eigenvalue weighted by atomic mass is 35.5. The number of hydrogen-bond acceptors (Lipinski definition) is 5. The molecule has 0 saturated carbocycles. The molecule has 3 N–H and O–H groups in total. The van der Waals surface area contributed by atoms with E-state index in [4.69, 9.17) is 22.1 Å². The summed E-state index contributed by atoms with van der Waals surface area (Å²) in [6.45, 7) is -2.90. The SMILES string of the molecule is NCC1(c2ncc(Cc3c[nH]c4ncc(Cl)cc34)cn2)C=CC=CC1OC(F)F. The van der Waals surface area contributed by atoms with Crippen molar-refractivity contribution in [3.05, 3.63) is 77.1 Å². The minimum atomic E-state index is -2.93. The van der Waals surface area contributed by atoms with Crippen molar-refractivity contribution in [3.63, 3.8) is 0 Å². The van der Waals surface area contributed by atoms with Crippen molar-refractivity contribution in [1.29, 1.82) is 0 Å². The second-order valence-electron chi connectivity index (χ2n) is 6.76. The van der Waals surface area contributed by atoms with Crippen molar-refractivity contribution in [2.45, 2.75) is 24.6 Å². The molecule has 0 bridgehead atoms. The van der Waals surface area contributed by atoms with Crippen molar-refractivity contribution in [2.75, 3.05) is 6.54 Å². The summed E-state index contributed by atoms with van der Waals surface area (Å²) in [7, 11) is 0. The molecule has 0 fully saturated rings. The molecule has 6 nitrogen and oxygen atoms in total. The Morgan fingerprint density at radius 2 is 2.00 bits per heavy atom. The lowest BCUT2D eigenvalue weighted by atomic mass is 9.78. The van der Waals surface area contributed by atoms with Gasteiger partial charge in [-0.2, -0.15) is 8.78 Å². The van der Waals surface area contributed by atoms with Gasteiger partial charge in [0.2, 0.25) is 0 Å². The highest BCUT2D eigenvalue weighted by Gasteiger charge is 2.42. The highest BCUT2D eigenvalue weighted by molar-refractivity contribution is 6.31. The van der Waals surface area contributed by atoms with E-state index in [0.29, 0.717) is 17.3 Å². The van der Waals surface area contributed by atoms with Gasteiger partial charge in [-0.3, -0.25) is 0 Å². The third kappa shape index (κ3) is 3.78. The van der Waals surface area contributed by atoms with E-state index in [1.807, 2.05) is 12.3 Å². The van der Waals surface area contributed by atoms with Gasteiger partial charge in [0.05, 0.1) is 16.5 Å². The van der Waals surface area contributed by atoms with Gasteiger partial charge in [-0.15, -0.1) is 0 Å². The van der Waals surface area contributed by atoms with Crippen LogP contribution in [0.25, 0.3) is 11.0 Å². The fourth-order valence-electron chi connectivity index (χ4n) is 3.50. The van der Waals surface area contributed by atoms with Crippen LogP contribution in [-0.4, -0.2) is 39.2 Å². The number of H-pyrrole nitrogens is 1. The Balaban J connectivity index is 1.61. The number of aromatic nitrogens is 4. The van der Waals surface area contributed by atoms with Crippen LogP contribution in [0, 0.1) is 0 Å². The minimum Gasteiger partial charge on any atom is -0.346 e. The summed E-state index contributed by atoms with van der Waals surface area (Å²) in [6, 6.07) is 1.85. The summed E-state index contributed by atoms with van der Waals surface area (Å²) in [5.74, 6) is 0.332. The first kappa shape index (κ1) is 19.6. The molecular weight excluding hydrogens is 400 g/mol. The van der Waals surface area contributed by atoms with Crippen LogP contribution in [0.5, 0.6) is 0 Å². The van der Waals surface area contributed by atoms with Crippen LogP contribution in [0.2, 0.25) is 5.02 Å². The Bertz CT molecular complexity index is 1070. The summed E-state index contributed by atoms with van der Waals surface area (Å²) in [5, 5.41) is 1.47. The predicted octanol–water partition coefficient (Wildman–Crippen LogP) is 3.53. The molecule has 9 heteroatoms. The van der Waals surface area contributed by atoms with Gasteiger partial charge in [-0.1, -0.05) is 35.9 Å². The second kappa shape index (κ2) is 7.98. The van der Waals surface area contributed by atoms with E-state index < -0.39 is 18.1 Å². The molecule has 29 heavy (non-hydrogen) atoms. The van der Waals surface area contributed by atoms with E-state index in [2.05, 4.69) is 19.9 Å². The van der Waals surface area contributed by atoms with Crippen LogP contribution in [-0.2, 0) is 16.6 Å². The molecule has 2 atom stereocenters. The van der Waals surface area contributed by atoms with Gasteiger partial charge in [-0.25, -0.2) is 15.0 Å². The zero-order valence-corrected chi connectivity index (χ0v) is 16.0. The third-order valence-electron chi connectivity index (χ3n) is 4.99. The molecule has 3 aromatic heterocycles. The number of pyridine rings is 1. The number of aromatic amines is 1. The van der Waals surface area contributed by atoms with Gasteiger partial charge in [0.25, 0.3) is 0 Å². The monoisotopic (exact) mass is 417 g/mol. The maximum absolute atomic E-state index is 12.9. The number of allylic oxidation sites excluding steroid dienone is 2. The lowest BCUT2D eigenvalue weighted by molar-refractivity contribution is -0.163. The van der Waals surface area contributed by atoms with Gasteiger partial charge in [0.1, 0.15) is 11.5 Å². The highest BCUT2D eigenvalue weighted by Crippen LogP contribution is 2.33. The Morgan fingerprint density at radius 3 is 2.72 bits per heavy atom. The number of nitrogens with zero attached hydrogens (tertiary/aromatic N) is 3. The van der Waals surface area contributed by atoms with E-state index in [9.17, 15) is 8.78 Å². The summed E-state index contributed by atoms with van der Waals surface area (Å²) in [4.78, 5) is 16.2. The van der Waals surface area contributed by atoms with Gasteiger partial charge in [-0.05, 0) is 17.2 Å². The van der Waals surface area contributed by atoms with Gasteiger partial charge in [0, 0.05) is 43.1 Å². The van der Waals surface area contributed by atoms with E-state index in [0.717, 1.165) is 22.2 Å². The van der Waals surface area contributed by atoms with Crippen LogP contribution in [0.15, 0.2) is 55.2 Å². The molecule has 0 aromatic carbocycles. The quantitative estimate of drug-likeness (QED) is 0.640. The third-order valence-corrected chi connectivity index (χ3v) is 5.19. The topological polar surface area (TPSA) is 89.7 Å². The fourth-order valence-corrected chi connectivity index (χ4v) is 3.66. The van der Waals surface area contributed by atoms with Crippen molar-refractivity contribution < 1.29 is 13.5 Å². The Hall–Kier alpha value is -2.68.